The zero-order chi connectivity index (χ0) is 48.3. The molecule has 1 fully saturated rings. The molecule has 0 radical (unpaired) electrons. The maximum Gasteiger partial charge on any atom is 0.257 e. The van der Waals surface area contributed by atoms with E-state index in [1.165, 1.54) is 141 Å². The summed E-state index contributed by atoms with van der Waals surface area (Å²) in [5.41, 5.74) is 23.7. The van der Waals surface area contributed by atoms with Crippen molar-refractivity contribution in [2.45, 2.75) is 205 Å². The number of rotatable bonds is 2. The minimum Gasteiger partial charge on any atom is -0.440 e. The quantitative estimate of drug-likeness (QED) is 0.161. The lowest BCUT2D eigenvalue weighted by atomic mass is 9.33. The van der Waals surface area contributed by atoms with Crippen LogP contribution in [0.5, 0.6) is 0 Å². The molecule has 0 N–H and O–H groups in total. The summed E-state index contributed by atoms with van der Waals surface area (Å²) in [5, 5.41) is 1.29. The predicted octanol–water partition coefficient (Wildman–Crippen LogP) is 15.9. The fourth-order valence-corrected chi connectivity index (χ4v) is 14.3. The van der Waals surface area contributed by atoms with E-state index < -0.39 is 0 Å². The zero-order valence-electron chi connectivity index (χ0n) is 44.5. The summed E-state index contributed by atoms with van der Waals surface area (Å²) in [5.74, 6) is 0.991. The van der Waals surface area contributed by atoms with E-state index in [1.54, 1.807) is 5.56 Å². The van der Waals surface area contributed by atoms with Gasteiger partial charge in [0.05, 0.1) is 0 Å². The highest BCUT2D eigenvalue weighted by Gasteiger charge is 2.51. The van der Waals surface area contributed by atoms with Crippen molar-refractivity contribution in [3.05, 3.63) is 123 Å². The van der Waals surface area contributed by atoms with Crippen molar-refractivity contribution in [1.29, 1.82) is 0 Å². The van der Waals surface area contributed by atoms with Crippen LogP contribution in [0.25, 0.3) is 11.0 Å². The fourth-order valence-electron chi connectivity index (χ4n) is 14.3. The van der Waals surface area contributed by atoms with Gasteiger partial charge in [0.1, 0.15) is 5.58 Å². The molecule has 2 bridgehead atoms. The van der Waals surface area contributed by atoms with Gasteiger partial charge >= 0.3 is 0 Å². The summed E-state index contributed by atoms with van der Waals surface area (Å²) in [6, 6.07) is 32.8. The van der Waals surface area contributed by atoms with Gasteiger partial charge in [-0.3, -0.25) is 4.90 Å². The van der Waals surface area contributed by atoms with E-state index in [0.29, 0.717) is 0 Å². The van der Waals surface area contributed by atoms with E-state index in [0.717, 1.165) is 11.5 Å². The third kappa shape index (κ3) is 6.16. The molecule has 13 rings (SSSR count). The Bertz CT molecular complexity index is 3150. The standard InChI is InChI=1S/C64H77BN2O/c1-57(2,3)38-17-22-50-49(31-38)65-54-42-36-47-48(64(16)29-27-63(47,15)28-30-64)37-53(42)68-56(54)67(41-19-21-44-46(35-41)62(13,14)26-24-60(44,9)10)52-33-39(58(4,5)6)32-51(55(52)65)66(50)40-18-20-43-45(34-40)61(11,12)25-23-59(43,7)8/h17-22,31-37H,23-30H2,1-16H3. The smallest absolute Gasteiger partial charge is 0.257 e. The van der Waals surface area contributed by atoms with Crippen LogP contribution >= 0.6 is 0 Å². The highest BCUT2D eigenvalue weighted by atomic mass is 16.4. The van der Waals surface area contributed by atoms with E-state index in [4.69, 9.17) is 4.42 Å². The van der Waals surface area contributed by atoms with Crippen LogP contribution in [0.3, 0.4) is 0 Å². The molecule has 0 saturated heterocycles. The molecule has 0 amide bonds. The monoisotopic (exact) mass is 901 g/mol. The summed E-state index contributed by atoms with van der Waals surface area (Å²) in [7, 11) is 0. The number of hydrogen-bond acceptors (Lipinski definition) is 3. The minimum absolute atomic E-state index is 0.0294. The van der Waals surface area contributed by atoms with Crippen LogP contribution in [-0.4, -0.2) is 6.71 Å². The van der Waals surface area contributed by atoms with E-state index in [1.807, 2.05) is 0 Å². The van der Waals surface area contributed by atoms with Crippen LogP contribution in [0.15, 0.2) is 83.3 Å². The molecule has 0 spiro atoms. The lowest BCUT2D eigenvalue weighted by Crippen LogP contribution is -2.61. The van der Waals surface area contributed by atoms with Crippen LogP contribution in [-0.2, 0) is 43.3 Å². The largest absolute Gasteiger partial charge is 0.440 e. The molecule has 4 heteroatoms. The Morgan fingerprint density at radius 1 is 0.426 bits per heavy atom. The molecule has 352 valence electrons. The Hall–Kier alpha value is -4.70. The summed E-state index contributed by atoms with van der Waals surface area (Å²) in [6.45, 7) is 39.0. The molecular formula is C64H77BN2O. The SMILES string of the molecule is CC(C)(C)c1ccc2c(c1)B1c3c(cc(C(C)(C)C)cc3N(c3ccc4c(c3)C(C)(C)CCC4(C)C)c3oc4cc5c(cc4c31)C1(C)CCC5(C)CC1)N2c1ccc2c(c1)C(C)(C)CCC2(C)C. The molecule has 7 aliphatic rings. The van der Waals surface area contributed by atoms with Gasteiger partial charge in [-0.1, -0.05) is 135 Å². The number of hydrogen-bond donors (Lipinski definition) is 0. The van der Waals surface area contributed by atoms with Crippen molar-refractivity contribution >= 4 is 68.4 Å². The van der Waals surface area contributed by atoms with Crippen LogP contribution < -0.4 is 26.2 Å². The third-order valence-corrected chi connectivity index (χ3v) is 19.5. The fraction of sp³-hybridized carbons (Fsp3) is 0.500. The van der Waals surface area contributed by atoms with Crippen LogP contribution in [0.1, 0.15) is 207 Å². The maximum atomic E-state index is 7.67. The first-order valence-electron chi connectivity index (χ1n) is 26.5. The summed E-state index contributed by atoms with van der Waals surface area (Å²) < 4.78 is 7.67. The molecule has 3 heterocycles. The number of furan rings is 1. The Morgan fingerprint density at radius 2 is 0.897 bits per heavy atom. The van der Waals surface area contributed by atoms with E-state index in [-0.39, 0.29) is 50.0 Å². The van der Waals surface area contributed by atoms with Gasteiger partial charge in [0.15, 0.2) is 0 Å². The molecule has 2 aliphatic heterocycles. The molecule has 0 atom stereocenters. The van der Waals surface area contributed by atoms with Gasteiger partial charge < -0.3 is 9.32 Å². The Labute approximate surface area is 409 Å². The predicted molar refractivity (Wildman–Crippen MR) is 291 cm³/mol. The second-order valence-electron chi connectivity index (χ2n) is 28.1. The van der Waals surface area contributed by atoms with Gasteiger partial charge in [0.2, 0.25) is 5.88 Å². The first-order valence-corrected chi connectivity index (χ1v) is 26.5. The van der Waals surface area contributed by atoms with Gasteiger partial charge in [-0.05, 0) is 205 Å². The van der Waals surface area contributed by atoms with Crippen LogP contribution in [0, 0.1) is 0 Å². The van der Waals surface area contributed by atoms with Crippen molar-refractivity contribution < 1.29 is 4.42 Å². The zero-order valence-corrected chi connectivity index (χ0v) is 44.5. The number of nitrogens with zero attached hydrogens (tertiary/aromatic N) is 2. The number of benzene rings is 5. The normalized spacial score (nSPS) is 24.5. The lowest BCUT2D eigenvalue weighted by molar-refractivity contribution is 0.188. The van der Waals surface area contributed by atoms with Crippen LogP contribution in [0.2, 0.25) is 0 Å². The molecule has 1 saturated carbocycles. The Balaban J connectivity index is 1.22. The summed E-state index contributed by atoms with van der Waals surface area (Å²) in [4.78, 5) is 5.27. The highest BCUT2D eigenvalue weighted by molar-refractivity contribution is 7.01. The molecule has 6 aromatic rings. The topological polar surface area (TPSA) is 19.6 Å². The van der Waals surface area contributed by atoms with Crippen molar-refractivity contribution in [2.75, 3.05) is 9.80 Å². The molecule has 68 heavy (non-hydrogen) atoms. The average molecular weight is 901 g/mol. The van der Waals surface area contributed by atoms with Gasteiger partial charge in [-0.2, -0.15) is 0 Å². The van der Waals surface area contributed by atoms with E-state index in [2.05, 4.69) is 199 Å². The number of anilines is 6. The lowest BCUT2D eigenvalue weighted by Gasteiger charge is -2.52. The highest BCUT2D eigenvalue weighted by Crippen LogP contribution is 2.58. The second-order valence-corrected chi connectivity index (χ2v) is 28.1. The summed E-state index contributed by atoms with van der Waals surface area (Å²) in [6.07, 6.45) is 9.75. The van der Waals surface area contributed by atoms with Crippen molar-refractivity contribution in [1.82, 2.24) is 0 Å². The molecule has 3 nitrogen and oxygen atoms in total. The van der Waals surface area contributed by atoms with Gasteiger partial charge in [0.25, 0.3) is 6.71 Å². The number of fused-ring (bicyclic) bond motifs is 10. The summed E-state index contributed by atoms with van der Waals surface area (Å²) >= 11 is 0. The van der Waals surface area contributed by atoms with Crippen molar-refractivity contribution in [3.8, 4) is 0 Å². The van der Waals surface area contributed by atoms with Gasteiger partial charge in [-0.25, -0.2) is 0 Å². The Morgan fingerprint density at radius 3 is 1.41 bits per heavy atom. The first kappa shape index (κ1) is 44.5. The minimum atomic E-state index is -0.115. The molecule has 5 aliphatic carbocycles. The van der Waals surface area contributed by atoms with Crippen molar-refractivity contribution in [3.63, 3.8) is 0 Å². The average Bonchev–Trinajstić information content (AvgIpc) is 3.64. The van der Waals surface area contributed by atoms with Gasteiger partial charge in [0, 0.05) is 39.3 Å². The molecular weight excluding hydrogens is 824 g/mol. The maximum absolute atomic E-state index is 7.67. The molecule has 1 aromatic heterocycles. The second kappa shape index (κ2) is 13.6. The van der Waals surface area contributed by atoms with Crippen molar-refractivity contribution in [2.24, 2.45) is 0 Å². The third-order valence-electron chi connectivity index (χ3n) is 19.5. The Kier molecular flexibility index (Phi) is 8.89. The van der Waals surface area contributed by atoms with Crippen LogP contribution in [0.4, 0.5) is 34.3 Å². The molecule has 0 unspecified atom stereocenters. The van der Waals surface area contributed by atoms with E-state index in [9.17, 15) is 0 Å². The molecule has 5 aromatic carbocycles. The first-order chi connectivity index (χ1) is 31.6. The van der Waals surface area contributed by atoms with E-state index >= 15 is 0 Å². The van der Waals surface area contributed by atoms with Gasteiger partial charge in [-0.15, -0.1) is 0 Å².